The lowest BCUT2D eigenvalue weighted by molar-refractivity contribution is -0.124. The fraction of sp³-hybridized carbons (Fsp3) is 0.600. The number of anilines is 1. The zero-order valence-corrected chi connectivity index (χ0v) is 17.1. The number of H-pyrrole nitrogens is 1. The van der Waals surface area contributed by atoms with Crippen molar-refractivity contribution >= 4 is 11.9 Å². The fourth-order valence-corrected chi connectivity index (χ4v) is 4.30. The summed E-state index contributed by atoms with van der Waals surface area (Å²) in [5.74, 6) is 1.28. The van der Waals surface area contributed by atoms with Crippen LogP contribution in [0.1, 0.15) is 50.2 Å². The maximum atomic E-state index is 13.3. The van der Waals surface area contributed by atoms with Gasteiger partial charge in [-0.2, -0.15) is 0 Å². The van der Waals surface area contributed by atoms with Crippen LogP contribution in [0.25, 0.3) is 0 Å². The molecule has 2 aliphatic rings. The summed E-state index contributed by atoms with van der Waals surface area (Å²) in [4.78, 5) is 15.4. The van der Waals surface area contributed by atoms with Gasteiger partial charge in [0.25, 0.3) is 6.43 Å². The zero-order valence-electron chi connectivity index (χ0n) is 17.1. The number of amides is 1. The van der Waals surface area contributed by atoms with Crippen molar-refractivity contribution in [1.29, 1.82) is 0 Å². The van der Waals surface area contributed by atoms with E-state index in [-0.39, 0.29) is 17.5 Å². The summed E-state index contributed by atoms with van der Waals surface area (Å²) in [5, 5.41) is 17.3. The molecule has 162 valence electrons. The number of methoxy groups -OCH3 is 1. The van der Waals surface area contributed by atoms with Crippen LogP contribution in [0, 0.1) is 5.92 Å². The number of nitrogens with one attached hydrogen (secondary N) is 2. The van der Waals surface area contributed by atoms with Crippen LogP contribution in [0.15, 0.2) is 18.2 Å². The Hall–Kier alpha value is -2.78. The molecule has 1 saturated heterocycles. The monoisotopic (exact) mass is 420 g/mol. The number of tetrazole rings is 1. The third kappa shape index (κ3) is 3.95. The maximum absolute atomic E-state index is 13.3. The molecular formula is C20H26F2N6O2. The van der Waals surface area contributed by atoms with Crippen molar-refractivity contribution in [2.45, 2.75) is 50.5 Å². The Balaban J connectivity index is 1.52. The molecule has 0 bridgehead atoms. The predicted octanol–water partition coefficient (Wildman–Crippen LogP) is 2.60. The number of ether oxygens (including phenoxy) is 1. The van der Waals surface area contributed by atoms with E-state index < -0.39 is 11.8 Å². The fourth-order valence-electron chi connectivity index (χ4n) is 4.30. The van der Waals surface area contributed by atoms with Gasteiger partial charge in [0.15, 0.2) is 0 Å². The Morgan fingerprint density at radius 1 is 1.40 bits per heavy atom. The van der Waals surface area contributed by atoms with Gasteiger partial charge < -0.3 is 15.0 Å². The van der Waals surface area contributed by atoms with Gasteiger partial charge in [-0.25, -0.2) is 13.9 Å². The van der Waals surface area contributed by atoms with Crippen molar-refractivity contribution < 1.29 is 18.3 Å². The molecule has 8 nitrogen and oxygen atoms in total. The number of rotatable bonds is 6. The molecule has 10 heteroatoms. The number of carbonyl (C=O) groups is 1. The average Bonchev–Trinajstić information content (AvgIpc) is 3.41. The molecule has 2 heterocycles. The summed E-state index contributed by atoms with van der Waals surface area (Å²) in [5.41, 5.74) is -0.161. The van der Waals surface area contributed by atoms with E-state index in [1.165, 1.54) is 19.2 Å². The van der Waals surface area contributed by atoms with Crippen LogP contribution in [0.4, 0.5) is 14.7 Å². The van der Waals surface area contributed by atoms with Gasteiger partial charge in [-0.05, 0) is 48.1 Å². The highest BCUT2D eigenvalue weighted by molar-refractivity contribution is 5.92. The van der Waals surface area contributed by atoms with Crippen LogP contribution >= 0.6 is 0 Å². The number of carbonyl (C=O) groups excluding carboxylic acids is 1. The van der Waals surface area contributed by atoms with Gasteiger partial charge in [0.1, 0.15) is 5.75 Å². The number of aromatic amines is 1. The SMILES string of the molecule is COc1cc(C(F)F)ccc1C1(C(=O)NC2CC(C)CCN(c3nnn[nH]3)C2)CC1. The van der Waals surface area contributed by atoms with Gasteiger partial charge in [0, 0.05) is 30.3 Å². The second kappa shape index (κ2) is 8.16. The molecule has 2 N–H and O–H groups in total. The van der Waals surface area contributed by atoms with Crippen molar-refractivity contribution in [1.82, 2.24) is 25.9 Å². The second-order valence-electron chi connectivity index (χ2n) is 8.31. The molecule has 2 atom stereocenters. The van der Waals surface area contributed by atoms with Crippen molar-refractivity contribution in [3.8, 4) is 5.75 Å². The third-order valence-corrected chi connectivity index (χ3v) is 6.17. The minimum Gasteiger partial charge on any atom is -0.496 e. The Labute approximate surface area is 173 Å². The number of alkyl halides is 2. The van der Waals surface area contributed by atoms with Gasteiger partial charge in [-0.1, -0.05) is 24.2 Å². The number of hydrogen-bond donors (Lipinski definition) is 2. The second-order valence-corrected chi connectivity index (χ2v) is 8.31. The van der Waals surface area contributed by atoms with E-state index in [9.17, 15) is 13.6 Å². The highest BCUT2D eigenvalue weighted by Crippen LogP contribution is 2.52. The van der Waals surface area contributed by atoms with Crippen molar-refractivity contribution in [3.05, 3.63) is 29.3 Å². The first-order valence-corrected chi connectivity index (χ1v) is 10.2. The lowest BCUT2D eigenvalue weighted by atomic mass is 9.91. The molecule has 1 aromatic heterocycles. The quantitative estimate of drug-likeness (QED) is 0.746. The van der Waals surface area contributed by atoms with Crippen molar-refractivity contribution in [2.75, 3.05) is 25.1 Å². The molecule has 0 radical (unpaired) electrons. The summed E-state index contributed by atoms with van der Waals surface area (Å²) < 4.78 is 31.5. The van der Waals surface area contributed by atoms with Crippen LogP contribution in [0.3, 0.4) is 0 Å². The van der Waals surface area contributed by atoms with Crippen LogP contribution in [0.5, 0.6) is 5.75 Å². The summed E-state index contributed by atoms with van der Waals surface area (Å²) >= 11 is 0. The first kappa shape index (κ1) is 20.5. The number of aromatic nitrogens is 4. The van der Waals surface area contributed by atoms with E-state index in [0.29, 0.717) is 42.6 Å². The van der Waals surface area contributed by atoms with Gasteiger partial charge in [0.2, 0.25) is 11.9 Å². The Bertz CT molecular complexity index is 887. The molecule has 30 heavy (non-hydrogen) atoms. The number of hydrogen-bond acceptors (Lipinski definition) is 6. The first-order chi connectivity index (χ1) is 14.4. The highest BCUT2D eigenvalue weighted by Gasteiger charge is 2.53. The van der Waals surface area contributed by atoms with Crippen LogP contribution < -0.4 is 15.0 Å². The van der Waals surface area contributed by atoms with Crippen molar-refractivity contribution in [2.24, 2.45) is 5.92 Å². The standard InChI is InChI=1S/C20H26F2N6O2/c1-12-5-8-28(19-24-26-27-25-19)11-14(9-12)23-18(29)20(6-7-20)15-4-3-13(17(21)22)10-16(15)30-2/h3-4,10,12,14,17H,5-9,11H2,1-2H3,(H,23,29)(H,24,25,26,27). The summed E-state index contributed by atoms with van der Waals surface area (Å²) in [6, 6.07) is 4.25. The molecule has 2 fully saturated rings. The van der Waals surface area contributed by atoms with Gasteiger partial charge in [-0.3, -0.25) is 4.79 Å². The van der Waals surface area contributed by atoms with E-state index in [2.05, 4.69) is 32.9 Å². The predicted molar refractivity (Wildman–Crippen MR) is 106 cm³/mol. The van der Waals surface area contributed by atoms with E-state index in [0.717, 1.165) is 19.4 Å². The van der Waals surface area contributed by atoms with Crippen LogP contribution in [-0.2, 0) is 10.2 Å². The number of halogens is 2. The maximum Gasteiger partial charge on any atom is 0.263 e. The topological polar surface area (TPSA) is 96.0 Å². The molecule has 1 aliphatic heterocycles. The number of nitrogens with zero attached hydrogens (tertiary/aromatic N) is 4. The molecule has 1 aromatic carbocycles. The molecule has 4 rings (SSSR count). The smallest absolute Gasteiger partial charge is 0.263 e. The first-order valence-electron chi connectivity index (χ1n) is 10.2. The molecule has 0 spiro atoms. The minimum absolute atomic E-state index is 0.0658. The van der Waals surface area contributed by atoms with E-state index in [1.54, 1.807) is 6.07 Å². The molecule has 2 aromatic rings. The summed E-state index contributed by atoms with van der Waals surface area (Å²) in [6.07, 6.45) is 0.575. The molecular weight excluding hydrogens is 394 g/mol. The normalized spacial score (nSPS) is 23.2. The lowest BCUT2D eigenvalue weighted by Crippen LogP contribution is -2.47. The van der Waals surface area contributed by atoms with Gasteiger partial charge in [0.05, 0.1) is 12.5 Å². The molecule has 1 saturated carbocycles. The number of benzene rings is 1. The lowest BCUT2D eigenvalue weighted by Gasteiger charge is -2.27. The zero-order chi connectivity index (χ0) is 21.3. The largest absolute Gasteiger partial charge is 0.496 e. The Kier molecular flexibility index (Phi) is 5.57. The molecule has 2 unspecified atom stereocenters. The van der Waals surface area contributed by atoms with E-state index in [4.69, 9.17) is 4.74 Å². The van der Waals surface area contributed by atoms with Crippen LogP contribution in [0.2, 0.25) is 0 Å². The van der Waals surface area contributed by atoms with Crippen molar-refractivity contribution in [3.63, 3.8) is 0 Å². The van der Waals surface area contributed by atoms with Gasteiger partial charge >= 0.3 is 0 Å². The molecule has 1 aliphatic carbocycles. The van der Waals surface area contributed by atoms with E-state index >= 15 is 0 Å². The highest BCUT2D eigenvalue weighted by atomic mass is 19.3. The Morgan fingerprint density at radius 2 is 2.20 bits per heavy atom. The third-order valence-electron chi connectivity index (χ3n) is 6.17. The Morgan fingerprint density at radius 3 is 2.83 bits per heavy atom. The van der Waals surface area contributed by atoms with Gasteiger partial charge in [-0.15, -0.1) is 0 Å². The summed E-state index contributed by atoms with van der Waals surface area (Å²) in [7, 11) is 1.44. The van der Waals surface area contributed by atoms with Crippen LogP contribution in [-0.4, -0.2) is 52.8 Å². The minimum atomic E-state index is -2.58. The summed E-state index contributed by atoms with van der Waals surface area (Å²) in [6.45, 7) is 3.57. The molecule has 1 amide bonds. The van der Waals surface area contributed by atoms with E-state index in [1.807, 2.05) is 4.90 Å². The average molecular weight is 420 g/mol.